The van der Waals surface area contributed by atoms with Crippen LogP contribution in [0.1, 0.15) is 16.5 Å². The molecule has 0 heterocycles. The normalized spacial score (nSPS) is 12.5. The summed E-state index contributed by atoms with van der Waals surface area (Å²) < 4.78 is 0.560. The molecule has 0 aliphatic heterocycles. The van der Waals surface area contributed by atoms with Crippen LogP contribution in [0.5, 0.6) is 0 Å². The molecule has 0 aliphatic rings. The SMILES string of the molecule is CC([TeH])c1ccc(N=O)cc1. The van der Waals surface area contributed by atoms with Gasteiger partial charge in [0.15, 0.2) is 0 Å². The van der Waals surface area contributed by atoms with E-state index in [1.54, 1.807) is 34.4 Å². The quantitative estimate of drug-likeness (QED) is 0.593. The number of rotatable bonds is 2. The molecule has 0 fully saturated rings. The fourth-order valence-electron chi connectivity index (χ4n) is 0.814. The summed E-state index contributed by atoms with van der Waals surface area (Å²) in [6.07, 6.45) is 0. The molecule has 1 aromatic rings. The van der Waals surface area contributed by atoms with Crippen LogP contribution in [0, 0.1) is 4.91 Å². The van der Waals surface area contributed by atoms with Crippen molar-refractivity contribution < 1.29 is 0 Å². The molecule has 11 heavy (non-hydrogen) atoms. The Labute approximate surface area is 78.9 Å². The van der Waals surface area contributed by atoms with Gasteiger partial charge in [0.25, 0.3) is 0 Å². The van der Waals surface area contributed by atoms with Gasteiger partial charge < -0.3 is 0 Å². The minimum absolute atomic E-state index is 0.500. The molecule has 3 heteroatoms. The Morgan fingerprint density at radius 2 is 1.91 bits per heavy atom. The van der Waals surface area contributed by atoms with Gasteiger partial charge in [-0.25, -0.2) is 0 Å². The molecule has 0 N–H and O–H groups in total. The molecule has 1 unspecified atom stereocenters. The zero-order chi connectivity index (χ0) is 8.27. The van der Waals surface area contributed by atoms with Crippen LogP contribution in [0.3, 0.4) is 0 Å². The predicted octanol–water partition coefficient (Wildman–Crippen LogP) is 2.05. The second-order valence-corrected chi connectivity index (χ2v) is 4.57. The fraction of sp³-hybridized carbons (Fsp3) is 0.250. The predicted molar refractivity (Wildman–Crippen MR) is 47.5 cm³/mol. The molecule has 0 aliphatic carbocycles. The molecular formula is C8H9NOTe. The molecule has 1 atom stereocenters. The summed E-state index contributed by atoms with van der Waals surface area (Å²) in [5, 5.41) is 2.83. The molecule has 58 valence electrons. The van der Waals surface area contributed by atoms with E-state index in [9.17, 15) is 4.91 Å². The molecule has 0 saturated carbocycles. The fourth-order valence-corrected chi connectivity index (χ4v) is 1.30. The number of nitroso groups, excluding NO2 is 1. The average Bonchev–Trinajstić information content (AvgIpc) is 2.05. The third-order valence-electron chi connectivity index (χ3n) is 1.48. The first-order valence-corrected chi connectivity index (χ1v) is 4.83. The van der Waals surface area contributed by atoms with Crippen LogP contribution in [-0.4, -0.2) is 22.3 Å². The van der Waals surface area contributed by atoms with Gasteiger partial charge in [0, 0.05) is 0 Å². The Bertz CT molecular complexity index is 243. The van der Waals surface area contributed by atoms with Crippen molar-refractivity contribution in [1.29, 1.82) is 0 Å². The zero-order valence-corrected chi connectivity index (χ0v) is 8.74. The molecule has 0 aromatic heterocycles. The van der Waals surface area contributed by atoms with E-state index in [2.05, 4.69) is 12.1 Å². The van der Waals surface area contributed by atoms with Gasteiger partial charge in [-0.2, -0.15) is 0 Å². The second-order valence-electron chi connectivity index (χ2n) is 2.36. The monoisotopic (exact) mass is 265 g/mol. The topological polar surface area (TPSA) is 29.4 Å². The molecule has 0 amide bonds. The summed E-state index contributed by atoms with van der Waals surface area (Å²) in [5.41, 5.74) is 1.76. The molecule has 1 rings (SSSR count). The van der Waals surface area contributed by atoms with Gasteiger partial charge in [0.2, 0.25) is 0 Å². The average molecular weight is 263 g/mol. The van der Waals surface area contributed by atoms with Gasteiger partial charge in [-0.05, 0) is 0 Å². The van der Waals surface area contributed by atoms with Crippen LogP contribution < -0.4 is 0 Å². The molecule has 0 radical (unpaired) electrons. The van der Waals surface area contributed by atoms with E-state index in [0.29, 0.717) is 9.65 Å². The van der Waals surface area contributed by atoms with E-state index in [4.69, 9.17) is 0 Å². The van der Waals surface area contributed by atoms with Gasteiger partial charge in [-0.15, -0.1) is 0 Å². The number of hydrogen-bond donors (Lipinski definition) is 0. The van der Waals surface area contributed by atoms with Gasteiger partial charge in [0.05, 0.1) is 0 Å². The first kappa shape index (κ1) is 8.70. The Morgan fingerprint density at radius 3 is 2.27 bits per heavy atom. The van der Waals surface area contributed by atoms with E-state index < -0.39 is 0 Å². The molecule has 2 nitrogen and oxygen atoms in total. The van der Waals surface area contributed by atoms with Crippen molar-refractivity contribution in [2.75, 3.05) is 0 Å². The van der Waals surface area contributed by atoms with Crippen LogP contribution in [0.2, 0.25) is 0 Å². The molecule has 0 saturated heterocycles. The van der Waals surface area contributed by atoms with Gasteiger partial charge in [-0.3, -0.25) is 0 Å². The summed E-state index contributed by atoms with van der Waals surface area (Å²) in [7, 11) is 0. The summed E-state index contributed by atoms with van der Waals surface area (Å²) in [5.74, 6) is 0. The third-order valence-corrected chi connectivity index (χ3v) is 2.33. The van der Waals surface area contributed by atoms with E-state index in [0.717, 1.165) is 0 Å². The first-order valence-electron chi connectivity index (χ1n) is 3.35. The van der Waals surface area contributed by atoms with Crippen LogP contribution in [0.15, 0.2) is 29.4 Å². The van der Waals surface area contributed by atoms with Gasteiger partial charge in [0.1, 0.15) is 0 Å². The van der Waals surface area contributed by atoms with Crippen LogP contribution in [0.25, 0.3) is 0 Å². The van der Waals surface area contributed by atoms with E-state index in [1.807, 2.05) is 12.1 Å². The van der Waals surface area contributed by atoms with Crippen molar-refractivity contribution in [2.24, 2.45) is 5.18 Å². The number of benzene rings is 1. The van der Waals surface area contributed by atoms with Crippen molar-refractivity contribution in [1.82, 2.24) is 0 Å². The van der Waals surface area contributed by atoms with E-state index in [-0.39, 0.29) is 0 Å². The first-order chi connectivity index (χ1) is 5.24. The van der Waals surface area contributed by atoms with Crippen molar-refractivity contribution in [2.45, 2.75) is 10.9 Å². The van der Waals surface area contributed by atoms with Crippen molar-refractivity contribution in [3.05, 3.63) is 34.7 Å². The molecule has 0 bridgehead atoms. The summed E-state index contributed by atoms with van der Waals surface area (Å²) >= 11 is 1.77. The van der Waals surface area contributed by atoms with E-state index >= 15 is 0 Å². The maximum absolute atomic E-state index is 10.0. The Balaban J connectivity index is 2.91. The van der Waals surface area contributed by atoms with Crippen molar-refractivity contribution in [3.63, 3.8) is 0 Å². The third kappa shape index (κ3) is 2.28. The summed E-state index contributed by atoms with van der Waals surface area (Å²) in [6, 6.07) is 7.38. The maximum atomic E-state index is 10.0. The molecule has 0 spiro atoms. The van der Waals surface area contributed by atoms with E-state index in [1.165, 1.54) is 5.56 Å². The minimum atomic E-state index is 0.500. The molecule has 1 aromatic carbocycles. The standard InChI is InChI=1S/C8H9NOTe/c1-6(11)7-2-4-8(9-10)5-3-7/h2-6,11H,1H3. The number of nitrogens with zero attached hydrogens (tertiary/aromatic N) is 1. The van der Waals surface area contributed by atoms with Crippen molar-refractivity contribution >= 4 is 28.0 Å². The zero-order valence-electron chi connectivity index (χ0n) is 6.19. The molecular weight excluding hydrogens is 254 g/mol. The van der Waals surface area contributed by atoms with Crippen molar-refractivity contribution in [3.8, 4) is 0 Å². The Kier molecular flexibility index (Phi) is 3.04. The van der Waals surface area contributed by atoms with Crippen LogP contribution >= 0.6 is 0 Å². The van der Waals surface area contributed by atoms with Crippen LogP contribution in [-0.2, 0) is 0 Å². The summed E-state index contributed by atoms with van der Waals surface area (Å²) in [4.78, 5) is 10.0. The van der Waals surface area contributed by atoms with Crippen LogP contribution in [0.4, 0.5) is 5.69 Å². The number of hydrogen-bond acceptors (Lipinski definition) is 2. The van der Waals surface area contributed by atoms with Gasteiger partial charge in [-0.1, -0.05) is 0 Å². The Morgan fingerprint density at radius 1 is 1.36 bits per heavy atom. The Hall–Kier alpha value is -0.390. The second kappa shape index (κ2) is 3.85. The van der Waals surface area contributed by atoms with Gasteiger partial charge >= 0.3 is 78.8 Å². The summed E-state index contributed by atoms with van der Waals surface area (Å²) in [6.45, 7) is 2.14.